The molecule has 0 radical (unpaired) electrons. The zero-order valence-corrected chi connectivity index (χ0v) is 25.0. The van der Waals surface area contributed by atoms with Crippen molar-refractivity contribution in [2.24, 2.45) is 0 Å². The number of H-pyrrole nitrogens is 2. The Morgan fingerprint density at radius 2 is 0.789 bits per heavy atom. The molecule has 38 heavy (non-hydrogen) atoms. The monoisotopic (exact) mass is 634 g/mol. The Balaban J connectivity index is 0.00000168. The van der Waals surface area contributed by atoms with Crippen molar-refractivity contribution in [2.45, 2.75) is 64.5 Å². The number of hydrogen-bond donors (Lipinski definition) is 2. The van der Waals surface area contributed by atoms with Gasteiger partial charge in [0, 0.05) is 57.6 Å². The molecule has 0 aliphatic rings. The number of aromatic amines is 2. The maximum absolute atomic E-state index is 3.55. The SMILES string of the molecule is [Br-].[Br-].c1ccc2c(c1)[nH]c1c[n+](CCCCCCCCCC[n+]3ccc4c(c3)[nH]c3ccccc34)ccc12. The van der Waals surface area contributed by atoms with E-state index in [-0.39, 0.29) is 34.0 Å². The molecule has 4 heterocycles. The molecule has 0 bridgehead atoms. The van der Waals surface area contributed by atoms with E-state index in [0.29, 0.717) is 0 Å². The number of para-hydroxylation sites is 2. The maximum atomic E-state index is 3.55. The molecular weight excluding hydrogens is 600 g/mol. The van der Waals surface area contributed by atoms with Gasteiger partial charge in [-0.25, -0.2) is 9.13 Å². The van der Waals surface area contributed by atoms with Crippen molar-refractivity contribution in [2.75, 3.05) is 0 Å². The third kappa shape index (κ3) is 6.29. The van der Waals surface area contributed by atoms with Crippen LogP contribution in [0.25, 0.3) is 43.6 Å². The smallest absolute Gasteiger partial charge is 0.193 e. The summed E-state index contributed by atoms with van der Waals surface area (Å²) in [5, 5.41) is 5.26. The average molecular weight is 636 g/mol. The minimum atomic E-state index is 0. The van der Waals surface area contributed by atoms with Gasteiger partial charge in [-0.2, -0.15) is 0 Å². The molecule has 0 unspecified atom stereocenters. The molecule has 0 amide bonds. The molecular formula is C32H36Br2N4. The first-order valence-electron chi connectivity index (χ1n) is 13.6. The summed E-state index contributed by atoms with van der Waals surface area (Å²) in [4.78, 5) is 7.11. The van der Waals surface area contributed by atoms with Crippen LogP contribution in [0.1, 0.15) is 51.4 Å². The second kappa shape index (κ2) is 13.4. The summed E-state index contributed by atoms with van der Waals surface area (Å²) >= 11 is 0. The number of rotatable bonds is 11. The lowest BCUT2D eigenvalue weighted by atomic mass is 10.1. The van der Waals surface area contributed by atoms with Crippen LogP contribution in [0.15, 0.2) is 85.5 Å². The fraction of sp³-hybridized carbons (Fsp3) is 0.312. The number of nitrogens with zero attached hydrogens (tertiary/aromatic N) is 2. The van der Waals surface area contributed by atoms with Gasteiger partial charge in [-0.05, 0) is 25.0 Å². The van der Waals surface area contributed by atoms with Gasteiger partial charge in [-0.15, -0.1) is 0 Å². The number of aromatic nitrogens is 4. The second-order valence-corrected chi connectivity index (χ2v) is 10.2. The molecule has 0 saturated heterocycles. The average Bonchev–Trinajstić information content (AvgIpc) is 3.47. The number of nitrogens with one attached hydrogen (secondary N) is 2. The minimum Gasteiger partial charge on any atom is -1.00 e. The number of benzene rings is 2. The summed E-state index contributed by atoms with van der Waals surface area (Å²) in [6.45, 7) is 2.20. The van der Waals surface area contributed by atoms with Gasteiger partial charge in [-0.3, -0.25) is 0 Å². The van der Waals surface area contributed by atoms with Gasteiger partial charge in [0.2, 0.25) is 0 Å². The summed E-state index contributed by atoms with van der Waals surface area (Å²) in [5.41, 5.74) is 4.91. The first-order chi connectivity index (χ1) is 17.8. The van der Waals surface area contributed by atoms with Crippen LogP contribution in [0.4, 0.5) is 0 Å². The fourth-order valence-corrected chi connectivity index (χ4v) is 5.62. The van der Waals surface area contributed by atoms with Crippen molar-refractivity contribution in [1.29, 1.82) is 0 Å². The molecule has 0 aliphatic carbocycles. The van der Waals surface area contributed by atoms with E-state index in [0.717, 1.165) is 13.1 Å². The van der Waals surface area contributed by atoms with Crippen LogP contribution in [0.2, 0.25) is 0 Å². The molecule has 0 atom stereocenters. The number of halogens is 2. The van der Waals surface area contributed by atoms with E-state index in [4.69, 9.17) is 0 Å². The molecule has 6 heteroatoms. The van der Waals surface area contributed by atoms with Crippen LogP contribution in [-0.4, -0.2) is 9.97 Å². The van der Waals surface area contributed by atoms with Gasteiger partial charge >= 0.3 is 0 Å². The number of hydrogen-bond acceptors (Lipinski definition) is 0. The van der Waals surface area contributed by atoms with Crippen LogP contribution in [0.5, 0.6) is 0 Å². The highest BCUT2D eigenvalue weighted by Crippen LogP contribution is 2.24. The van der Waals surface area contributed by atoms with Crippen molar-refractivity contribution in [3.8, 4) is 0 Å². The largest absolute Gasteiger partial charge is 1.00 e. The van der Waals surface area contributed by atoms with Crippen molar-refractivity contribution in [1.82, 2.24) is 9.97 Å². The van der Waals surface area contributed by atoms with E-state index >= 15 is 0 Å². The quantitative estimate of drug-likeness (QED) is 0.160. The standard InChI is InChI=1S/C32H34N4.2BrH/c1(3-5-11-19-35-21-17-27-25-13-7-9-15-29(25)33-31(27)23-35)2-4-6-12-20-36-22-18-28-26-14-8-10-16-30(26)34-32(28)24-36;;/h7-10,13-18,21-24H,1-6,11-12,19-20H2;2*1H. The van der Waals surface area contributed by atoms with Crippen LogP contribution >= 0.6 is 0 Å². The minimum absolute atomic E-state index is 0. The van der Waals surface area contributed by atoms with Crippen molar-refractivity contribution >= 4 is 43.6 Å². The molecule has 4 nitrogen and oxygen atoms in total. The van der Waals surface area contributed by atoms with Crippen LogP contribution in [0, 0.1) is 0 Å². The molecule has 2 N–H and O–H groups in total. The number of fused-ring (bicyclic) bond motifs is 6. The number of unbranched alkanes of at least 4 members (excludes halogenated alkanes) is 7. The summed E-state index contributed by atoms with van der Waals surface area (Å²) in [6.07, 6.45) is 19.6. The predicted molar refractivity (Wildman–Crippen MR) is 149 cm³/mol. The molecule has 6 rings (SSSR count). The molecule has 0 spiro atoms. The molecule has 0 fully saturated rings. The normalized spacial score (nSPS) is 11.3. The lowest BCUT2D eigenvalue weighted by Gasteiger charge is -2.01. The van der Waals surface area contributed by atoms with Crippen LogP contribution in [0.3, 0.4) is 0 Å². The van der Waals surface area contributed by atoms with Gasteiger partial charge < -0.3 is 43.9 Å². The maximum Gasteiger partial charge on any atom is 0.193 e. The van der Waals surface area contributed by atoms with Gasteiger partial charge in [0.1, 0.15) is 24.1 Å². The third-order valence-corrected chi connectivity index (χ3v) is 7.59. The Hall–Kier alpha value is -2.70. The highest BCUT2D eigenvalue weighted by molar-refractivity contribution is 6.07. The van der Waals surface area contributed by atoms with Crippen molar-refractivity contribution in [3.05, 3.63) is 85.5 Å². The van der Waals surface area contributed by atoms with Crippen molar-refractivity contribution in [3.63, 3.8) is 0 Å². The Labute approximate surface area is 245 Å². The summed E-state index contributed by atoms with van der Waals surface area (Å²) < 4.78 is 4.67. The van der Waals surface area contributed by atoms with E-state index in [2.05, 4.69) is 105 Å². The topological polar surface area (TPSA) is 39.3 Å². The first kappa shape index (κ1) is 28.3. The Bertz CT molecular complexity index is 1500. The lowest BCUT2D eigenvalue weighted by Crippen LogP contribution is -3.00. The zero-order chi connectivity index (χ0) is 24.2. The van der Waals surface area contributed by atoms with E-state index in [9.17, 15) is 0 Å². The fourth-order valence-electron chi connectivity index (χ4n) is 5.62. The molecule has 4 aromatic heterocycles. The summed E-state index contributed by atoms with van der Waals surface area (Å²) in [7, 11) is 0. The Morgan fingerprint density at radius 1 is 0.421 bits per heavy atom. The zero-order valence-electron chi connectivity index (χ0n) is 21.8. The Morgan fingerprint density at radius 3 is 1.24 bits per heavy atom. The molecule has 2 aromatic carbocycles. The van der Waals surface area contributed by atoms with Crippen LogP contribution in [-0.2, 0) is 13.1 Å². The van der Waals surface area contributed by atoms with Gasteiger partial charge in [0.05, 0.1) is 0 Å². The van der Waals surface area contributed by atoms with E-state index in [1.54, 1.807) is 0 Å². The van der Waals surface area contributed by atoms with Gasteiger partial charge in [-0.1, -0.05) is 62.1 Å². The molecule has 0 aliphatic heterocycles. The molecule has 0 saturated carbocycles. The van der Waals surface area contributed by atoms with Crippen LogP contribution < -0.4 is 43.1 Å². The summed E-state index contributed by atoms with van der Waals surface area (Å²) in [5.74, 6) is 0. The van der Waals surface area contributed by atoms with Gasteiger partial charge in [0.15, 0.2) is 24.8 Å². The Kier molecular flexibility index (Phi) is 9.97. The lowest BCUT2D eigenvalue weighted by molar-refractivity contribution is -0.696. The van der Waals surface area contributed by atoms with E-state index in [1.165, 1.54) is 95.0 Å². The molecule has 6 aromatic rings. The van der Waals surface area contributed by atoms with E-state index < -0.39 is 0 Å². The van der Waals surface area contributed by atoms with Gasteiger partial charge in [0.25, 0.3) is 0 Å². The first-order valence-corrected chi connectivity index (χ1v) is 13.6. The third-order valence-electron chi connectivity index (χ3n) is 7.59. The number of aryl methyl sites for hydroxylation is 2. The second-order valence-electron chi connectivity index (χ2n) is 10.2. The predicted octanol–water partition coefficient (Wildman–Crippen LogP) is 1.36. The van der Waals surface area contributed by atoms with E-state index in [1.807, 2.05) is 0 Å². The molecule has 198 valence electrons. The van der Waals surface area contributed by atoms with Crippen molar-refractivity contribution < 1.29 is 43.1 Å². The number of pyridine rings is 2. The highest BCUT2D eigenvalue weighted by atomic mass is 79.9. The highest BCUT2D eigenvalue weighted by Gasteiger charge is 2.10. The summed E-state index contributed by atoms with van der Waals surface area (Å²) in [6, 6.07) is 21.6.